The number of likely N-dealkylation sites (tertiary alicyclic amines) is 1. The predicted molar refractivity (Wildman–Crippen MR) is 145 cm³/mol. The van der Waals surface area contributed by atoms with Crippen LogP contribution in [0, 0.1) is 5.92 Å². The van der Waals surface area contributed by atoms with Crippen LogP contribution in [0.4, 0.5) is 5.69 Å². The first-order chi connectivity index (χ1) is 16.8. The summed E-state index contributed by atoms with van der Waals surface area (Å²) in [4.78, 5) is 4.70. The number of nitrogens with zero attached hydrogens (tertiary/aromatic N) is 2. The Hall–Kier alpha value is -2.05. The maximum absolute atomic E-state index is 13.0. The normalized spacial score (nSPS) is 18.1. The molecule has 5 rings (SSSR count). The lowest BCUT2D eigenvalue weighted by Crippen LogP contribution is -2.52. The molecule has 2 fully saturated rings. The lowest BCUT2D eigenvalue weighted by atomic mass is 9.86. The van der Waals surface area contributed by atoms with Crippen molar-refractivity contribution in [2.75, 3.05) is 37.3 Å². The van der Waals surface area contributed by atoms with Crippen molar-refractivity contribution in [3.8, 4) is 0 Å². The lowest BCUT2D eigenvalue weighted by molar-refractivity contribution is 0.0655. The van der Waals surface area contributed by atoms with Crippen LogP contribution in [-0.4, -0.2) is 45.8 Å². The number of halogens is 2. The second-order valence-electron chi connectivity index (χ2n) is 9.76. The van der Waals surface area contributed by atoms with Gasteiger partial charge in [0, 0.05) is 54.1 Å². The van der Waals surface area contributed by atoms with Crippen molar-refractivity contribution in [3.63, 3.8) is 0 Å². The molecule has 3 aromatic carbocycles. The van der Waals surface area contributed by atoms with Gasteiger partial charge >= 0.3 is 0 Å². The number of hydrogen-bond donors (Lipinski definition) is 0. The summed E-state index contributed by atoms with van der Waals surface area (Å²) < 4.78 is 26.1. The maximum atomic E-state index is 13.0. The van der Waals surface area contributed by atoms with Crippen LogP contribution in [0.1, 0.15) is 40.8 Å². The van der Waals surface area contributed by atoms with Crippen LogP contribution in [-0.2, 0) is 9.84 Å². The Bertz CT molecular complexity index is 1220. The molecule has 1 atom stereocenters. The van der Waals surface area contributed by atoms with Gasteiger partial charge < -0.3 is 4.90 Å². The fourth-order valence-electron chi connectivity index (χ4n) is 5.60. The van der Waals surface area contributed by atoms with E-state index in [0.717, 1.165) is 35.5 Å². The third-order valence-electron chi connectivity index (χ3n) is 7.23. The summed E-state index contributed by atoms with van der Waals surface area (Å²) in [7, 11) is -3.29. The molecule has 0 aromatic heterocycles. The Morgan fingerprint density at radius 3 is 1.86 bits per heavy atom. The summed E-state index contributed by atoms with van der Waals surface area (Å²) in [6, 6.07) is 24.0. The summed E-state index contributed by atoms with van der Waals surface area (Å²) in [5.74, 6) is 0.0286. The van der Waals surface area contributed by atoms with Crippen molar-refractivity contribution >= 4 is 38.7 Å². The van der Waals surface area contributed by atoms with Gasteiger partial charge in [-0.05, 0) is 65.9 Å². The minimum Gasteiger partial charge on any atom is -0.372 e. The van der Waals surface area contributed by atoms with Crippen LogP contribution in [0.15, 0.2) is 72.8 Å². The van der Waals surface area contributed by atoms with Gasteiger partial charge in [0.2, 0.25) is 0 Å². The number of anilines is 1. The molecule has 2 heterocycles. The molecule has 184 valence electrons. The summed E-state index contributed by atoms with van der Waals surface area (Å²) >= 11 is 12.3. The third kappa shape index (κ3) is 5.39. The van der Waals surface area contributed by atoms with E-state index in [1.165, 1.54) is 19.1 Å². The van der Waals surface area contributed by atoms with Crippen molar-refractivity contribution < 1.29 is 8.42 Å². The highest BCUT2D eigenvalue weighted by Gasteiger charge is 2.43. The molecule has 4 nitrogen and oxygen atoms in total. The molecule has 35 heavy (non-hydrogen) atoms. The largest absolute Gasteiger partial charge is 0.372 e. The van der Waals surface area contributed by atoms with E-state index in [4.69, 9.17) is 23.2 Å². The van der Waals surface area contributed by atoms with E-state index in [1.54, 1.807) is 0 Å². The average molecular weight is 530 g/mol. The van der Waals surface area contributed by atoms with Crippen LogP contribution >= 0.6 is 23.2 Å². The molecule has 0 amide bonds. The van der Waals surface area contributed by atoms with E-state index in [-0.39, 0.29) is 12.0 Å². The second-order valence-corrected chi connectivity index (χ2v) is 12.8. The van der Waals surface area contributed by atoms with Gasteiger partial charge in [-0.2, -0.15) is 0 Å². The molecule has 0 saturated carbocycles. The standard InChI is InChI=1S/C28H30Cl2N2O2S/c1-35(33,34)28(22-5-4-6-26(17-22)31-15-2-3-16-31)23-18-32(19-23)27(20-7-11-24(29)12-8-20)21-9-13-25(30)14-10-21/h4-14,17,23,27-28H,2-3,15-16,18-19H2,1H3/t28-/m1/s1. The van der Waals surface area contributed by atoms with Crippen molar-refractivity contribution in [2.45, 2.75) is 24.1 Å². The molecule has 0 spiro atoms. The van der Waals surface area contributed by atoms with Crippen LogP contribution in [0.25, 0.3) is 0 Å². The molecule has 0 N–H and O–H groups in total. The first-order valence-corrected chi connectivity index (χ1v) is 14.8. The highest BCUT2D eigenvalue weighted by atomic mass is 35.5. The molecule has 0 bridgehead atoms. The van der Waals surface area contributed by atoms with Crippen LogP contribution in [0.5, 0.6) is 0 Å². The van der Waals surface area contributed by atoms with E-state index in [2.05, 4.69) is 21.9 Å². The fraction of sp³-hybridized carbons (Fsp3) is 0.357. The lowest BCUT2D eigenvalue weighted by Gasteiger charge is -2.47. The summed E-state index contributed by atoms with van der Waals surface area (Å²) in [6.45, 7) is 3.46. The van der Waals surface area contributed by atoms with Crippen molar-refractivity contribution in [2.24, 2.45) is 5.92 Å². The zero-order valence-electron chi connectivity index (χ0n) is 19.8. The Morgan fingerprint density at radius 1 is 0.800 bits per heavy atom. The monoisotopic (exact) mass is 528 g/mol. The molecule has 2 saturated heterocycles. The minimum absolute atomic E-state index is 0.0110. The quantitative estimate of drug-likeness (QED) is 0.355. The molecule has 2 aliphatic heterocycles. The van der Waals surface area contributed by atoms with E-state index in [1.807, 2.05) is 60.7 Å². The van der Waals surface area contributed by atoms with Gasteiger partial charge in [-0.1, -0.05) is 59.6 Å². The average Bonchev–Trinajstić information content (AvgIpc) is 3.34. The Balaban J connectivity index is 1.42. The van der Waals surface area contributed by atoms with Crippen molar-refractivity contribution in [1.82, 2.24) is 4.90 Å². The van der Waals surface area contributed by atoms with Gasteiger partial charge in [0.1, 0.15) is 0 Å². The SMILES string of the molecule is CS(=O)(=O)[C@H](c1cccc(N2CCCC2)c1)C1CN(C(c2ccc(Cl)cc2)c2ccc(Cl)cc2)C1. The van der Waals surface area contributed by atoms with Crippen LogP contribution in [0.3, 0.4) is 0 Å². The molecule has 0 radical (unpaired) electrons. The van der Waals surface area contributed by atoms with Gasteiger partial charge in [0.25, 0.3) is 0 Å². The molecule has 2 aliphatic rings. The molecule has 7 heteroatoms. The summed E-state index contributed by atoms with van der Waals surface area (Å²) in [5.41, 5.74) is 4.28. The third-order valence-corrected chi connectivity index (χ3v) is 9.32. The number of benzene rings is 3. The highest BCUT2D eigenvalue weighted by Crippen LogP contribution is 2.42. The van der Waals surface area contributed by atoms with E-state index in [0.29, 0.717) is 23.1 Å². The van der Waals surface area contributed by atoms with Gasteiger partial charge in [-0.25, -0.2) is 8.42 Å². The van der Waals surface area contributed by atoms with E-state index >= 15 is 0 Å². The predicted octanol–water partition coefficient (Wildman–Crippen LogP) is 6.40. The van der Waals surface area contributed by atoms with Crippen molar-refractivity contribution in [3.05, 3.63) is 99.5 Å². The van der Waals surface area contributed by atoms with E-state index in [9.17, 15) is 8.42 Å². The Morgan fingerprint density at radius 2 is 1.34 bits per heavy atom. The topological polar surface area (TPSA) is 40.6 Å². The number of hydrogen-bond acceptors (Lipinski definition) is 4. The zero-order chi connectivity index (χ0) is 24.6. The molecular weight excluding hydrogens is 499 g/mol. The Labute approximate surface area is 218 Å². The summed E-state index contributed by atoms with van der Waals surface area (Å²) in [6.07, 6.45) is 3.75. The van der Waals surface area contributed by atoms with Gasteiger partial charge in [-0.15, -0.1) is 0 Å². The molecule has 3 aromatic rings. The minimum atomic E-state index is -3.29. The first-order valence-electron chi connectivity index (χ1n) is 12.1. The van der Waals surface area contributed by atoms with Gasteiger partial charge in [0.05, 0.1) is 11.3 Å². The van der Waals surface area contributed by atoms with Crippen molar-refractivity contribution in [1.29, 1.82) is 0 Å². The number of sulfone groups is 1. The summed E-state index contributed by atoms with van der Waals surface area (Å²) in [5, 5.41) is 0.873. The second kappa shape index (κ2) is 10.1. The van der Waals surface area contributed by atoms with Crippen LogP contribution < -0.4 is 4.90 Å². The van der Waals surface area contributed by atoms with Gasteiger partial charge in [0.15, 0.2) is 9.84 Å². The molecular formula is C28H30Cl2N2O2S. The Kier molecular flexibility index (Phi) is 7.13. The smallest absolute Gasteiger partial charge is 0.154 e. The van der Waals surface area contributed by atoms with Crippen LogP contribution in [0.2, 0.25) is 10.0 Å². The first kappa shape index (κ1) is 24.6. The molecule has 0 aliphatic carbocycles. The van der Waals surface area contributed by atoms with E-state index < -0.39 is 15.1 Å². The number of rotatable bonds is 7. The zero-order valence-corrected chi connectivity index (χ0v) is 22.1. The van der Waals surface area contributed by atoms with Gasteiger partial charge in [-0.3, -0.25) is 4.90 Å². The molecule has 0 unspecified atom stereocenters. The highest BCUT2D eigenvalue weighted by molar-refractivity contribution is 7.90. The maximum Gasteiger partial charge on any atom is 0.154 e. The fourth-order valence-corrected chi connectivity index (χ4v) is 7.36.